The van der Waals surface area contributed by atoms with E-state index in [1.807, 2.05) is 4.90 Å². The van der Waals surface area contributed by atoms with E-state index in [2.05, 4.69) is 17.5 Å². The fourth-order valence-electron chi connectivity index (χ4n) is 4.35. The number of allylic oxidation sites excluding steroid dienone is 2. The predicted octanol–water partition coefficient (Wildman–Crippen LogP) is 3.08. The second-order valence-corrected chi connectivity index (χ2v) is 7.29. The molecule has 1 aromatic carbocycles. The maximum absolute atomic E-state index is 12.7. The van der Waals surface area contributed by atoms with Gasteiger partial charge in [0.2, 0.25) is 5.91 Å². The van der Waals surface area contributed by atoms with Gasteiger partial charge in [0.25, 0.3) is 5.91 Å². The molecular weight excluding hydrogens is 316 g/mol. The molecule has 2 amide bonds. The van der Waals surface area contributed by atoms with Crippen molar-refractivity contribution in [1.29, 1.82) is 0 Å². The van der Waals surface area contributed by atoms with E-state index in [0.29, 0.717) is 28.8 Å². The molecule has 3 aliphatic rings. The first-order valence-corrected chi connectivity index (χ1v) is 9.12. The van der Waals surface area contributed by atoms with Crippen LogP contribution in [0.4, 0.5) is 5.69 Å². The van der Waals surface area contributed by atoms with E-state index >= 15 is 0 Å². The zero-order valence-corrected chi connectivity index (χ0v) is 14.5. The Labute approximate surface area is 148 Å². The number of rotatable bonds is 4. The third-order valence-electron chi connectivity index (χ3n) is 5.71. The Morgan fingerprint density at radius 2 is 1.96 bits per heavy atom. The second-order valence-electron chi connectivity index (χ2n) is 7.29. The predicted molar refractivity (Wildman–Crippen MR) is 95.6 cm³/mol. The highest BCUT2D eigenvalue weighted by Crippen LogP contribution is 2.44. The maximum Gasteiger partial charge on any atom is 0.253 e. The summed E-state index contributed by atoms with van der Waals surface area (Å²) in [5.74, 6) is 1.57. The van der Waals surface area contributed by atoms with Gasteiger partial charge < -0.3 is 15.0 Å². The summed E-state index contributed by atoms with van der Waals surface area (Å²) in [5, 5.41) is 3.01. The van der Waals surface area contributed by atoms with E-state index < -0.39 is 0 Å². The summed E-state index contributed by atoms with van der Waals surface area (Å²) in [7, 11) is 1.58. The van der Waals surface area contributed by atoms with Crippen LogP contribution < -0.4 is 10.1 Å². The van der Waals surface area contributed by atoms with E-state index in [-0.39, 0.29) is 17.7 Å². The van der Waals surface area contributed by atoms with Gasteiger partial charge in [-0.2, -0.15) is 0 Å². The van der Waals surface area contributed by atoms with Gasteiger partial charge in [-0.1, -0.05) is 12.2 Å². The Morgan fingerprint density at radius 3 is 2.60 bits per heavy atom. The second kappa shape index (κ2) is 6.54. The number of likely N-dealkylation sites (tertiary alicyclic amines) is 1. The highest BCUT2D eigenvalue weighted by Gasteiger charge is 2.40. The third kappa shape index (κ3) is 3.03. The molecule has 1 N–H and O–H groups in total. The molecule has 1 saturated heterocycles. The van der Waals surface area contributed by atoms with Crippen LogP contribution in [0.25, 0.3) is 0 Å². The summed E-state index contributed by atoms with van der Waals surface area (Å²) < 4.78 is 5.38. The van der Waals surface area contributed by atoms with Crippen molar-refractivity contribution in [3.63, 3.8) is 0 Å². The van der Waals surface area contributed by atoms with Crippen molar-refractivity contribution < 1.29 is 14.3 Å². The molecule has 3 atom stereocenters. The lowest BCUT2D eigenvalue weighted by molar-refractivity contribution is -0.120. The van der Waals surface area contributed by atoms with E-state index in [1.165, 1.54) is 0 Å². The van der Waals surface area contributed by atoms with Crippen LogP contribution in [0.5, 0.6) is 5.75 Å². The third-order valence-corrected chi connectivity index (χ3v) is 5.71. The first kappa shape index (κ1) is 16.2. The van der Waals surface area contributed by atoms with Crippen LogP contribution in [0.2, 0.25) is 0 Å². The van der Waals surface area contributed by atoms with Gasteiger partial charge in [-0.25, -0.2) is 0 Å². The van der Waals surface area contributed by atoms with Crippen molar-refractivity contribution in [1.82, 2.24) is 4.90 Å². The molecule has 1 aromatic rings. The minimum Gasteiger partial charge on any atom is -0.495 e. The molecule has 5 nitrogen and oxygen atoms in total. The van der Waals surface area contributed by atoms with Gasteiger partial charge >= 0.3 is 0 Å². The molecular formula is C20H24N2O3. The number of amides is 2. The Morgan fingerprint density at radius 1 is 1.16 bits per heavy atom. The largest absolute Gasteiger partial charge is 0.495 e. The van der Waals surface area contributed by atoms with Gasteiger partial charge in [0, 0.05) is 24.6 Å². The number of benzene rings is 1. The number of nitrogens with one attached hydrogen (secondary N) is 1. The molecule has 1 saturated carbocycles. The Hall–Kier alpha value is -2.30. The number of carbonyl (C=O) groups is 2. The number of fused-ring (bicyclic) bond motifs is 2. The minimum absolute atomic E-state index is 0.0256. The van der Waals surface area contributed by atoms with Crippen LogP contribution in [-0.4, -0.2) is 36.9 Å². The number of hydrogen-bond acceptors (Lipinski definition) is 3. The van der Waals surface area contributed by atoms with Crippen molar-refractivity contribution in [2.24, 2.45) is 17.8 Å². The molecule has 2 bridgehead atoms. The number of ether oxygens (including phenoxy) is 1. The molecule has 0 unspecified atom stereocenters. The average Bonchev–Trinajstić information content (AvgIpc) is 3.38. The summed E-state index contributed by atoms with van der Waals surface area (Å²) in [6, 6.07) is 5.29. The maximum atomic E-state index is 12.7. The average molecular weight is 340 g/mol. The van der Waals surface area contributed by atoms with Crippen molar-refractivity contribution >= 4 is 17.5 Å². The monoisotopic (exact) mass is 340 g/mol. The number of anilines is 1. The first-order chi connectivity index (χ1) is 12.2. The van der Waals surface area contributed by atoms with Gasteiger partial charge in [-0.05, 0) is 55.7 Å². The van der Waals surface area contributed by atoms with Gasteiger partial charge in [-0.15, -0.1) is 0 Å². The van der Waals surface area contributed by atoms with Gasteiger partial charge in [-0.3, -0.25) is 9.59 Å². The molecule has 25 heavy (non-hydrogen) atoms. The fourth-order valence-corrected chi connectivity index (χ4v) is 4.35. The molecule has 2 aliphatic carbocycles. The van der Waals surface area contributed by atoms with Crippen molar-refractivity contribution in [2.75, 3.05) is 25.5 Å². The Bertz CT molecular complexity index is 722. The van der Waals surface area contributed by atoms with Crippen molar-refractivity contribution in [3.05, 3.63) is 35.9 Å². The van der Waals surface area contributed by atoms with Crippen LogP contribution in [0.1, 0.15) is 36.0 Å². The summed E-state index contributed by atoms with van der Waals surface area (Å²) in [6.07, 6.45) is 8.52. The van der Waals surface area contributed by atoms with E-state index in [1.54, 1.807) is 25.3 Å². The van der Waals surface area contributed by atoms with Crippen LogP contribution in [0, 0.1) is 17.8 Å². The van der Waals surface area contributed by atoms with Gasteiger partial charge in [0.15, 0.2) is 0 Å². The highest BCUT2D eigenvalue weighted by molar-refractivity contribution is 5.99. The fraction of sp³-hybridized carbons (Fsp3) is 0.500. The summed E-state index contributed by atoms with van der Waals surface area (Å²) >= 11 is 0. The molecule has 132 valence electrons. The quantitative estimate of drug-likeness (QED) is 0.857. The minimum atomic E-state index is 0.0256. The van der Waals surface area contributed by atoms with Gasteiger partial charge in [0.05, 0.1) is 12.8 Å². The standard InChI is InChI=1S/C20H24N2O3/c1-25-18-7-6-15(20(24)22-8-2-3-9-22)12-17(18)21-19(23)16-11-13-4-5-14(16)10-13/h4-7,12-14,16H,2-3,8-11H2,1H3,(H,21,23)/t13-,14+,16-/m1/s1. The van der Waals surface area contributed by atoms with E-state index in [9.17, 15) is 9.59 Å². The molecule has 4 rings (SSSR count). The number of nitrogens with zero attached hydrogens (tertiary/aromatic N) is 1. The Kier molecular flexibility index (Phi) is 4.24. The molecule has 5 heteroatoms. The van der Waals surface area contributed by atoms with Crippen molar-refractivity contribution in [2.45, 2.75) is 25.7 Å². The smallest absolute Gasteiger partial charge is 0.253 e. The number of methoxy groups -OCH3 is 1. The van der Waals surface area contributed by atoms with Crippen LogP contribution in [0.15, 0.2) is 30.4 Å². The number of carbonyl (C=O) groups excluding carboxylic acids is 2. The topological polar surface area (TPSA) is 58.6 Å². The molecule has 1 heterocycles. The van der Waals surface area contributed by atoms with Crippen LogP contribution in [-0.2, 0) is 4.79 Å². The lowest BCUT2D eigenvalue weighted by Crippen LogP contribution is -2.28. The molecule has 0 spiro atoms. The zero-order chi connectivity index (χ0) is 17.4. The molecule has 0 aromatic heterocycles. The van der Waals surface area contributed by atoms with Crippen LogP contribution in [0.3, 0.4) is 0 Å². The Balaban J connectivity index is 1.53. The van der Waals surface area contributed by atoms with E-state index in [0.717, 1.165) is 38.8 Å². The normalized spacial score (nSPS) is 26.9. The van der Waals surface area contributed by atoms with Gasteiger partial charge in [0.1, 0.15) is 5.75 Å². The summed E-state index contributed by atoms with van der Waals surface area (Å²) in [6.45, 7) is 1.62. The van der Waals surface area contributed by atoms with Crippen molar-refractivity contribution in [3.8, 4) is 5.75 Å². The zero-order valence-electron chi connectivity index (χ0n) is 14.5. The molecule has 2 fully saturated rings. The SMILES string of the molecule is COc1ccc(C(=O)N2CCCC2)cc1NC(=O)[C@@H]1C[C@@H]2C=C[C@H]1C2. The van der Waals surface area contributed by atoms with Crippen LogP contribution >= 0.6 is 0 Å². The molecule has 0 radical (unpaired) electrons. The number of hydrogen-bond donors (Lipinski definition) is 1. The molecule has 1 aliphatic heterocycles. The lowest BCUT2D eigenvalue weighted by atomic mass is 9.92. The first-order valence-electron chi connectivity index (χ1n) is 9.12. The van der Waals surface area contributed by atoms with E-state index in [4.69, 9.17) is 4.74 Å². The summed E-state index contributed by atoms with van der Waals surface area (Å²) in [5.41, 5.74) is 1.19. The lowest BCUT2D eigenvalue weighted by Gasteiger charge is -2.20. The summed E-state index contributed by atoms with van der Waals surface area (Å²) in [4.78, 5) is 27.2. The highest BCUT2D eigenvalue weighted by atomic mass is 16.5.